The van der Waals surface area contributed by atoms with Gasteiger partial charge in [0.15, 0.2) is 6.61 Å². The van der Waals surface area contributed by atoms with Crippen LogP contribution in [0.25, 0.3) is 0 Å². The van der Waals surface area contributed by atoms with Gasteiger partial charge in [-0.2, -0.15) is 5.06 Å². The van der Waals surface area contributed by atoms with Gasteiger partial charge in [0.1, 0.15) is 0 Å². The molecule has 1 heterocycles. The molecule has 0 aromatic heterocycles. The number of benzene rings is 2. The Balaban J connectivity index is 1.56. The molecule has 6 rings (SSSR count). The van der Waals surface area contributed by atoms with Gasteiger partial charge in [-0.15, -0.1) is 0 Å². The van der Waals surface area contributed by atoms with Crippen molar-refractivity contribution >= 4 is 17.8 Å². The molecule has 6 heteroatoms. The number of carbonyl (C=O) groups is 3. The molecule has 1 aliphatic heterocycles. The summed E-state index contributed by atoms with van der Waals surface area (Å²) < 4.78 is 4.83. The van der Waals surface area contributed by atoms with E-state index in [-0.39, 0.29) is 30.3 Å². The molecule has 28 heavy (non-hydrogen) atoms. The molecule has 0 saturated carbocycles. The summed E-state index contributed by atoms with van der Waals surface area (Å²) in [5.74, 6) is -2.75. The third-order valence-electron chi connectivity index (χ3n) is 6.02. The Morgan fingerprint density at radius 1 is 0.857 bits per heavy atom. The van der Waals surface area contributed by atoms with Gasteiger partial charge in [0.25, 0.3) is 11.8 Å². The predicted octanol–water partition coefficient (Wildman–Crippen LogP) is 2.37. The van der Waals surface area contributed by atoms with Gasteiger partial charge in [-0.3, -0.25) is 14.4 Å². The maximum atomic E-state index is 13.2. The average Bonchev–Trinajstić information content (AvgIpc) is 2.97. The zero-order valence-electron chi connectivity index (χ0n) is 15.3. The molecular formula is C22H19NO5. The summed E-state index contributed by atoms with van der Waals surface area (Å²) in [6.07, 6.45) is 0. The Labute approximate surface area is 162 Å². The molecule has 1 saturated heterocycles. The Hall–Kier alpha value is -2.99. The SMILES string of the molecule is CCOC(=O)CON1C(=O)[C@@H]2C3c4ccccc4C(c4ccccc43)[C@H]2C1=O. The van der Waals surface area contributed by atoms with E-state index in [9.17, 15) is 14.4 Å². The fraction of sp³-hybridized carbons (Fsp3) is 0.318. The molecule has 2 bridgehead atoms. The summed E-state index contributed by atoms with van der Waals surface area (Å²) in [6.45, 7) is 1.44. The summed E-state index contributed by atoms with van der Waals surface area (Å²) in [5.41, 5.74) is 4.39. The molecule has 0 unspecified atom stereocenters. The number of nitrogens with zero attached hydrogens (tertiary/aromatic N) is 1. The van der Waals surface area contributed by atoms with Crippen LogP contribution < -0.4 is 0 Å². The van der Waals surface area contributed by atoms with Gasteiger partial charge in [0.2, 0.25) is 0 Å². The summed E-state index contributed by atoms with van der Waals surface area (Å²) in [7, 11) is 0. The first-order valence-corrected chi connectivity index (χ1v) is 9.47. The second-order valence-electron chi connectivity index (χ2n) is 7.31. The number of rotatable bonds is 4. The first-order valence-electron chi connectivity index (χ1n) is 9.47. The Morgan fingerprint density at radius 3 is 1.68 bits per heavy atom. The molecule has 2 aromatic carbocycles. The van der Waals surface area contributed by atoms with Crippen LogP contribution >= 0.6 is 0 Å². The van der Waals surface area contributed by atoms with Gasteiger partial charge in [-0.1, -0.05) is 48.5 Å². The van der Waals surface area contributed by atoms with Crippen molar-refractivity contribution in [2.75, 3.05) is 13.2 Å². The van der Waals surface area contributed by atoms with E-state index in [0.717, 1.165) is 27.3 Å². The van der Waals surface area contributed by atoms with Crippen LogP contribution in [-0.2, 0) is 24.0 Å². The first-order chi connectivity index (χ1) is 13.6. The van der Waals surface area contributed by atoms with E-state index in [2.05, 4.69) is 0 Å². The summed E-state index contributed by atoms with van der Waals surface area (Å²) in [6, 6.07) is 16.0. The highest BCUT2D eigenvalue weighted by Crippen LogP contribution is 2.60. The number of carbonyl (C=O) groups excluding carboxylic acids is 3. The lowest BCUT2D eigenvalue weighted by atomic mass is 9.55. The van der Waals surface area contributed by atoms with Crippen molar-refractivity contribution in [1.29, 1.82) is 0 Å². The highest BCUT2D eigenvalue weighted by atomic mass is 16.7. The quantitative estimate of drug-likeness (QED) is 0.604. The zero-order valence-corrected chi connectivity index (χ0v) is 15.3. The molecule has 2 amide bonds. The van der Waals surface area contributed by atoms with Crippen LogP contribution in [0.5, 0.6) is 0 Å². The van der Waals surface area contributed by atoms with E-state index in [1.165, 1.54) is 0 Å². The Bertz CT molecular complexity index is 884. The fourth-order valence-corrected chi connectivity index (χ4v) is 5.10. The molecular weight excluding hydrogens is 358 g/mol. The molecule has 2 atom stereocenters. The molecule has 0 radical (unpaired) electrons. The van der Waals surface area contributed by atoms with Crippen molar-refractivity contribution in [3.8, 4) is 0 Å². The van der Waals surface area contributed by atoms with E-state index in [1.807, 2.05) is 48.5 Å². The van der Waals surface area contributed by atoms with Gasteiger partial charge in [-0.25, -0.2) is 4.79 Å². The van der Waals surface area contributed by atoms with E-state index < -0.39 is 24.4 Å². The molecule has 142 valence electrons. The second-order valence-corrected chi connectivity index (χ2v) is 7.31. The van der Waals surface area contributed by atoms with Crippen molar-refractivity contribution in [3.05, 3.63) is 70.8 Å². The van der Waals surface area contributed by atoms with Crippen LogP contribution in [0, 0.1) is 11.8 Å². The third kappa shape index (κ3) is 2.21. The minimum absolute atomic E-state index is 0.185. The van der Waals surface area contributed by atoms with Crippen LogP contribution in [0.1, 0.15) is 41.0 Å². The summed E-state index contributed by atoms with van der Waals surface area (Å²) >= 11 is 0. The lowest BCUT2D eigenvalue weighted by molar-refractivity contribution is -0.195. The third-order valence-corrected chi connectivity index (χ3v) is 6.02. The summed E-state index contributed by atoms with van der Waals surface area (Å²) in [4.78, 5) is 43.3. The predicted molar refractivity (Wildman–Crippen MR) is 98.0 cm³/mol. The molecule has 0 spiro atoms. The average molecular weight is 377 g/mol. The van der Waals surface area contributed by atoms with Crippen molar-refractivity contribution < 1.29 is 24.0 Å². The molecule has 4 aliphatic rings. The lowest BCUT2D eigenvalue weighted by Gasteiger charge is -2.45. The van der Waals surface area contributed by atoms with Gasteiger partial charge < -0.3 is 4.74 Å². The molecule has 0 N–H and O–H groups in total. The van der Waals surface area contributed by atoms with Gasteiger partial charge >= 0.3 is 5.97 Å². The Morgan fingerprint density at radius 2 is 1.29 bits per heavy atom. The number of hydrogen-bond donors (Lipinski definition) is 0. The zero-order chi connectivity index (χ0) is 19.4. The van der Waals surface area contributed by atoms with Crippen molar-refractivity contribution in [2.45, 2.75) is 18.8 Å². The number of imide groups is 1. The first kappa shape index (κ1) is 17.1. The summed E-state index contributed by atoms with van der Waals surface area (Å²) in [5, 5.41) is 0.796. The number of hydroxylamine groups is 2. The van der Waals surface area contributed by atoms with E-state index in [0.29, 0.717) is 0 Å². The van der Waals surface area contributed by atoms with Crippen LogP contribution in [0.3, 0.4) is 0 Å². The van der Waals surface area contributed by atoms with E-state index >= 15 is 0 Å². The Kier molecular flexibility index (Phi) is 3.84. The lowest BCUT2D eigenvalue weighted by Crippen LogP contribution is -2.41. The number of ether oxygens (including phenoxy) is 1. The van der Waals surface area contributed by atoms with Crippen molar-refractivity contribution in [2.24, 2.45) is 11.8 Å². The van der Waals surface area contributed by atoms with E-state index in [4.69, 9.17) is 9.57 Å². The normalized spacial score (nSPS) is 26.7. The standard InChI is InChI=1S/C22H19NO5/c1-2-27-16(24)11-28-23-21(25)19-17-12-7-3-4-8-13(12)18(20(19)22(23)26)15-10-6-5-9-14(15)17/h3-10,17-20H,2,11H2,1H3/t17?,18?,19-,20-/m1/s1. The highest BCUT2D eigenvalue weighted by Gasteiger charge is 2.62. The minimum Gasteiger partial charge on any atom is -0.464 e. The van der Waals surface area contributed by atoms with Crippen LogP contribution in [0.4, 0.5) is 0 Å². The van der Waals surface area contributed by atoms with Crippen LogP contribution in [0.2, 0.25) is 0 Å². The van der Waals surface area contributed by atoms with Gasteiger partial charge in [0, 0.05) is 11.8 Å². The van der Waals surface area contributed by atoms with Gasteiger partial charge in [-0.05, 0) is 29.2 Å². The van der Waals surface area contributed by atoms with E-state index in [1.54, 1.807) is 6.92 Å². The fourth-order valence-electron chi connectivity index (χ4n) is 5.10. The number of hydrogen-bond acceptors (Lipinski definition) is 5. The monoisotopic (exact) mass is 377 g/mol. The van der Waals surface area contributed by atoms with Crippen molar-refractivity contribution in [1.82, 2.24) is 5.06 Å². The maximum Gasteiger partial charge on any atom is 0.334 e. The largest absolute Gasteiger partial charge is 0.464 e. The van der Waals surface area contributed by atoms with Crippen LogP contribution in [0.15, 0.2) is 48.5 Å². The van der Waals surface area contributed by atoms with Crippen molar-refractivity contribution in [3.63, 3.8) is 0 Å². The number of amides is 2. The smallest absolute Gasteiger partial charge is 0.334 e. The second kappa shape index (κ2) is 6.27. The molecule has 6 nitrogen and oxygen atoms in total. The highest BCUT2D eigenvalue weighted by molar-refractivity contribution is 6.06. The minimum atomic E-state index is -0.604. The molecule has 3 aliphatic carbocycles. The molecule has 1 fully saturated rings. The van der Waals surface area contributed by atoms with Crippen LogP contribution in [-0.4, -0.2) is 36.1 Å². The topological polar surface area (TPSA) is 72.9 Å². The number of esters is 1. The van der Waals surface area contributed by atoms with Gasteiger partial charge in [0.05, 0.1) is 18.4 Å². The maximum absolute atomic E-state index is 13.2. The molecule has 2 aromatic rings.